The maximum Gasteiger partial charge on any atom is 0.271 e. The Balaban J connectivity index is 1.62. The molecule has 0 atom stereocenters. The van der Waals surface area contributed by atoms with E-state index in [1.807, 2.05) is 13.0 Å². The first-order valence-corrected chi connectivity index (χ1v) is 12.0. The van der Waals surface area contributed by atoms with Crippen LogP contribution in [0, 0.1) is 0 Å². The van der Waals surface area contributed by atoms with Gasteiger partial charge in [-0.25, -0.2) is 0 Å². The number of ketones is 1. The van der Waals surface area contributed by atoms with Crippen molar-refractivity contribution >= 4 is 28.5 Å². The summed E-state index contributed by atoms with van der Waals surface area (Å²) in [5.41, 5.74) is 1.36. The number of nitrogens with zero attached hydrogens (tertiary/aromatic N) is 2. The summed E-state index contributed by atoms with van der Waals surface area (Å²) in [6.07, 6.45) is 1.62. The number of methoxy groups -OCH3 is 1. The van der Waals surface area contributed by atoms with E-state index in [0.717, 1.165) is 0 Å². The van der Waals surface area contributed by atoms with Gasteiger partial charge in [0.05, 0.1) is 19.2 Å². The molecule has 1 aliphatic rings. The van der Waals surface area contributed by atoms with Gasteiger partial charge in [0.2, 0.25) is 5.91 Å². The number of aromatic amines is 1. The highest BCUT2D eigenvalue weighted by Gasteiger charge is 2.27. The highest BCUT2D eigenvalue weighted by Crippen LogP contribution is 2.28. The van der Waals surface area contributed by atoms with Crippen molar-refractivity contribution in [3.05, 3.63) is 63.7 Å². The molecule has 4 rings (SSSR count). The number of piperidine rings is 1. The van der Waals surface area contributed by atoms with Crippen molar-refractivity contribution in [1.29, 1.82) is 0 Å². The lowest BCUT2D eigenvalue weighted by Crippen LogP contribution is -2.47. The fourth-order valence-corrected chi connectivity index (χ4v) is 4.65. The lowest BCUT2D eigenvalue weighted by molar-refractivity contribution is -0.135. The van der Waals surface area contributed by atoms with Crippen molar-refractivity contribution in [2.45, 2.75) is 38.8 Å². The van der Waals surface area contributed by atoms with Crippen molar-refractivity contribution in [2.75, 3.05) is 26.8 Å². The molecule has 10 heteroatoms. The molecule has 3 N–H and O–H groups in total. The van der Waals surface area contributed by atoms with E-state index in [1.165, 1.54) is 11.7 Å². The number of rotatable bonds is 8. The number of aryl methyl sites for hydroxylation is 1. The number of benzene rings is 1. The average Bonchev–Trinajstić information content (AvgIpc) is 3.29. The number of hydrogen-bond acceptors (Lipinski definition) is 6. The quantitative estimate of drug-likeness (QED) is 0.407. The number of aliphatic hydroxyl groups is 1. The molecule has 2 aromatic heterocycles. The molecule has 1 fully saturated rings. The number of Topliss-reactive ketones (excluding diaryl/α,β-unsaturated/α-hetero) is 1. The van der Waals surface area contributed by atoms with E-state index in [-0.39, 0.29) is 41.1 Å². The lowest BCUT2D eigenvalue weighted by atomic mass is 10.0. The largest absolute Gasteiger partial charge is 0.493 e. The molecule has 0 saturated carbocycles. The van der Waals surface area contributed by atoms with E-state index in [4.69, 9.17) is 9.84 Å². The Bertz CT molecular complexity index is 1340. The normalized spacial score (nSPS) is 14.1. The number of ether oxygens (including phenoxy) is 1. The van der Waals surface area contributed by atoms with Crippen LogP contribution in [-0.2, 0) is 17.8 Å². The summed E-state index contributed by atoms with van der Waals surface area (Å²) in [4.78, 5) is 55.8. The van der Waals surface area contributed by atoms with Crippen LogP contribution in [0.5, 0.6) is 5.75 Å². The van der Waals surface area contributed by atoms with Crippen LogP contribution in [-0.4, -0.2) is 70.0 Å². The van der Waals surface area contributed by atoms with E-state index >= 15 is 0 Å². The third kappa shape index (κ3) is 4.90. The molecule has 0 aliphatic carbocycles. The van der Waals surface area contributed by atoms with E-state index in [0.29, 0.717) is 49.1 Å². The van der Waals surface area contributed by atoms with Crippen molar-refractivity contribution < 1.29 is 24.2 Å². The van der Waals surface area contributed by atoms with Gasteiger partial charge < -0.3 is 29.6 Å². The Kier molecular flexibility index (Phi) is 7.54. The molecule has 1 aromatic carbocycles. The van der Waals surface area contributed by atoms with Gasteiger partial charge in [-0.15, -0.1) is 0 Å². The van der Waals surface area contributed by atoms with Crippen molar-refractivity contribution in [3.8, 4) is 5.75 Å². The second-order valence-corrected chi connectivity index (χ2v) is 8.78. The summed E-state index contributed by atoms with van der Waals surface area (Å²) in [7, 11) is 1.39. The minimum absolute atomic E-state index is 0.122. The molecule has 0 spiro atoms. The SMILES string of the molecule is CCc1cc2[nH]c(C(=O)NC3CCN(C(=O)CO)CC3)c(OC)c2c(=O)n1CC(=O)c1ccccc1. The van der Waals surface area contributed by atoms with Crippen molar-refractivity contribution in [1.82, 2.24) is 19.8 Å². The first-order valence-electron chi connectivity index (χ1n) is 12.0. The van der Waals surface area contributed by atoms with Crippen LogP contribution in [0.2, 0.25) is 0 Å². The van der Waals surface area contributed by atoms with Gasteiger partial charge in [-0.2, -0.15) is 0 Å². The van der Waals surface area contributed by atoms with E-state index in [1.54, 1.807) is 35.2 Å². The van der Waals surface area contributed by atoms with Gasteiger partial charge in [-0.3, -0.25) is 19.2 Å². The summed E-state index contributed by atoms with van der Waals surface area (Å²) in [5, 5.41) is 12.2. The zero-order valence-electron chi connectivity index (χ0n) is 20.4. The number of carbonyl (C=O) groups excluding carboxylic acids is 3. The topological polar surface area (TPSA) is 134 Å². The van der Waals surface area contributed by atoms with Gasteiger partial charge in [-0.1, -0.05) is 37.3 Å². The minimum atomic E-state index is -0.530. The third-order valence-corrected chi connectivity index (χ3v) is 6.61. The molecule has 10 nitrogen and oxygen atoms in total. The van der Waals surface area contributed by atoms with Crippen LogP contribution in [0.1, 0.15) is 46.3 Å². The standard InChI is InChI=1S/C26H30N4O6/c1-3-18-13-19-22(26(35)30(18)14-20(32)16-7-5-4-6-8-16)24(36-2)23(28-19)25(34)27-17-9-11-29(12-10-17)21(33)15-31/h4-8,13,17,28,31H,3,9-12,14-15H2,1-2H3,(H,27,34). The van der Waals surface area contributed by atoms with E-state index in [9.17, 15) is 19.2 Å². The molecule has 1 aliphatic heterocycles. The smallest absolute Gasteiger partial charge is 0.271 e. The molecule has 36 heavy (non-hydrogen) atoms. The molecule has 1 saturated heterocycles. The summed E-state index contributed by atoms with van der Waals surface area (Å²) in [6.45, 7) is 2.12. The molecule has 0 unspecified atom stereocenters. The molecule has 3 aromatic rings. The lowest BCUT2D eigenvalue weighted by Gasteiger charge is -2.32. The Hall–Kier alpha value is -3.92. The number of H-pyrrole nitrogens is 1. The number of hydrogen-bond donors (Lipinski definition) is 3. The zero-order valence-corrected chi connectivity index (χ0v) is 20.4. The van der Waals surface area contributed by atoms with Crippen LogP contribution in [0.25, 0.3) is 10.9 Å². The maximum atomic E-state index is 13.5. The number of likely N-dealkylation sites (tertiary alicyclic amines) is 1. The Labute approximate surface area is 207 Å². The first kappa shape index (κ1) is 25.2. The minimum Gasteiger partial charge on any atom is -0.493 e. The molecule has 190 valence electrons. The molecule has 0 radical (unpaired) electrons. The average molecular weight is 495 g/mol. The number of fused-ring (bicyclic) bond motifs is 1. The second kappa shape index (κ2) is 10.8. The van der Waals surface area contributed by atoms with Gasteiger partial charge in [0.25, 0.3) is 11.5 Å². The van der Waals surface area contributed by atoms with Gasteiger partial charge in [-0.05, 0) is 25.3 Å². The first-order chi connectivity index (χ1) is 17.4. The second-order valence-electron chi connectivity index (χ2n) is 8.78. The van der Waals surface area contributed by atoms with Crippen LogP contribution in [0.4, 0.5) is 0 Å². The Morgan fingerprint density at radius 2 is 1.86 bits per heavy atom. The summed E-state index contributed by atoms with van der Waals surface area (Å²) in [5.74, 6) is -0.806. The summed E-state index contributed by atoms with van der Waals surface area (Å²) >= 11 is 0. The predicted octanol–water partition coefficient (Wildman–Crippen LogP) is 1.50. The van der Waals surface area contributed by atoms with E-state index < -0.39 is 18.1 Å². The number of amides is 2. The maximum absolute atomic E-state index is 13.5. The highest BCUT2D eigenvalue weighted by atomic mass is 16.5. The number of aliphatic hydroxyl groups excluding tert-OH is 1. The van der Waals surface area contributed by atoms with Crippen molar-refractivity contribution in [2.24, 2.45) is 0 Å². The van der Waals surface area contributed by atoms with E-state index in [2.05, 4.69) is 10.3 Å². The highest BCUT2D eigenvalue weighted by molar-refractivity contribution is 6.03. The predicted molar refractivity (Wildman–Crippen MR) is 133 cm³/mol. The molecular formula is C26H30N4O6. The fraction of sp³-hybridized carbons (Fsp3) is 0.385. The molecule has 0 bridgehead atoms. The van der Waals surface area contributed by atoms with Crippen molar-refractivity contribution in [3.63, 3.8) is 0 Å². The number of carbonyl (C=O) groups is 3. The Morgan fingerprint density at radius 3 is 2.47 bits per heavy atom. The Morgan fingerprint density at radius 1 is 1.17 bits per heavy atom. The van der Waals surface area contributed by atoms with Crippen LogP contribution >= 0.6 is 0 Å². The third-order valence-electron chi connectivity index (χ3n) is 6.61. The number of nitrogens with one attached hydrogen (secondary N) is 2. The number of pyridine rings is 1. The van der Waals surface area contributed by atoms with Gasteiger partial charge >= 0.3 is 0 Å². The fourth-order valence-electron chi connectivity index (χ4n) is 4.65. The van der Waals surface area contributed by atoms with Gasteiger partial charge in [0.15, 0.2) is 11.5 Å². The number of aromatic nitrogens is 2. The van der Waals surface area contributed by atoms with Crippen LogP contribution < -0.4 is 15.6 Å². The van der Waals surface area contributed by atoms with Crippen LogP contribution in [0.15, 0.2) is 41.2 Å². The zero-order chi connectivity index (χ0) is 25.8. The molecular weight excluding hydrogens is 464 g/mol. The summed E-state index contributed by atoms with van der Waals surface area (Å²) < 4.78 is 6.93. The van der Waals surface area contributed by atoms with Gasteiger partial charge in [0.1, 0.15) is 17.7 Å². The monoisotopic (exact) mass is 494 g/mol. The summed E-state index contributed by atoms with van der Waals surface area (Å²) in [6, 6.07) is 10.4. The van der Waals surface area contributed by atoms with Gasteiger partial charge in [0, 0.05) is 30.4 Å². The van der Waals surface area contributed by atoms with Crippen LogP contribution in [0.3, 0.4) is 0 Å². The molecule has 3 heterocycles. The molecule has 2 amide bonds.